The third kappa shape index (κ3) is 5.95. The van der Waals surface area contributed by atoms with Crippen molar-refractivity contribution in [2.45, 2.75) is 6.42 Å². The van der Waals surface area contributed by atoms with Gasteiger partial charge in [0, 0.05) is 56.1 Å². The van der Waals surface area contributed by atoms with Crippen LogP contribution in [-0.2, 0) is 14.3 Å². The van der Waals surface area contributed by atoms with Gasteiger partial charge >= 0.3 is 0 Å². The molecule has 2 heterocycles. The standard InChI is InChI=1S/C20H28N2O5/c23-16-17(15-22-7-12-26-13-8-22)19-3-2-18(14-20(19)24)27-9-1-4-21-5-10-25-11-6-21/h2-3,14-16,24H,1,4-13H2/b17-15+. The van der Waals surface area contributed by atoms with Gasteiger partial charge in [0.1, 0.15) is 11.5 Å². The lowest BCUT2D eigenvalue weighted by Crippen LogP contribution is -2.37. The first-order chi connectivity index (χ1) is 13.3. The van der Waals surface area contributed by atoms with E-state index in [1.165, 1.54) is 0 Å². The summed E-state index contributed by atoms with van der Waals surface area (Å²) < 4.78 is 16.4. The van der Waals surface area contributed by atoms with Crippen LogP contribution in [-0.4, -0.2) is 87.0 Å². The van der Waals surface area contributed by atoms with E-state index < -0.39 is 0 Å². The summed E-state index contributed by atoms with van der Waals surface area (Å²) in [5.41, 5.74) is 0.963. The topological polar surface area (TPSA) is 71.5 Å². The van der Waals surface area contributed by atoms with Gasteiger partial charge in [0.25, 0.3) is 0 Å². The molecular weight excluding hydrogens is 348 g/mol. The van der Waals surface area contributed by atoms with Crippen molar-refractivity contribution >= 4 is 11.9 Å². The molecule has 2 fully saturated rings. The molecule has 0 radical (unpaired) electrons. The highest BCUT2D eigenvalue weighted by Gasteiger charge is 2.13. The zero-order chi connectivity index (χ0) is 18.9. The molecule has 0 bridgehead atoms. The van der Waals surface area contributed by atoms with Crippen molar-refractivity contribution in [3.63, 3.8) is 0 Å². The average Bonchev–Trinajstić information content (AvgIpc) is 2.71. The van der Waals surface area contributed by atoms with Gasteiger partial charge in [-0.15, -0.1) is 0 Å². The number of allylic oxidation sites excluding steroid dienone is 1. The smallest absolute Gasteiger partial charge is 0.152 e. The molecule has 0 aliphatic carbocycles. The Morgan fingerprint density at radius 2 is 1.81 bits per heavy atom. The Labute approximate surface area is 160 Å². The Morgan fingerprint density at radius 3 is 2.48 bits per heavy atom. The first-order valence-electron chi connectivity index (χ1n) is 9.51. The number of aldehydes is 1. The molecule has 2 aliphatic rings. The van der Waals surface area contributed by atoms with E-state index in [-0.39, 0.29) is 5.75 Å². The number of carbonyl (C=O) groups excluding carboxylic acids is 1. The molecule has 3 rings (SSSR count). The maximum Gasteiger partial charge on any atom is 0.152 e. The third-order valence-corrected chi connectivity index (χ3v) is 4.77. The number of phenols is 1. The average molecular weight is 376 g/mol. The molecule has 7 nitrogen and oxygen atoms in total. The van der Waals surface area contributed by atoms with Crippen molar-refractivity contribution in [1.29, 1.82) is 0 Å². The second-order valence-corrected chi connectivity index (χ2v) is 6.69. The zero-order valence-corrected chi connectivity index (χ0v) is 15.6. The number of phenolic OH excluding ortho intramolecular Hbond substituents is 1. The van der Waals surface area contributed by atoms with Crippen LogP contribution in [0.25, 0.3) is 5.57 Å². The van der Waals surface area contributed by atoms with Crippen LogP contribution in [0.3, 0.4) is 0 Å². The van der Waals surface area contributed by atoms with E-state index >= 15 is 0 Å². The third-order valence-electron chi connectivity index (χ3n) is 4.77. The van der Waals surface area contributed by atoms with Crippen molar-refractivity contribution in [3.8, 4) is 11.5 Å². The van der Waals surface area contributed by atoms with Crippen LogP contribution >= 0.6 is 0 Å². The molecule has 0 spiro atoms. The molecular formula is C20H28N2O5. The molecule has 0 saturated carbocycles. The first-order valence-corrected chi connectivity index (χ1v) is 9.51. The highest BCUT2D eigenvalue weighted by molar-refractivity contribution is 6.07. The predicted molar refractivity (Wildman–Crippen MR) is 102 cm³/mol. The van der Waals surface area contributed by atoms with E-state index in [0.29, 0.717) is 36.7 Å². The van der Waals surface area contributed by atoms with Crippen molar-refractivity contribution in [1.82, 2.24) is 9.80 Å². The maximum absolute atomic E-state index is 11.5. The highest BCUT2D eigenvalue weighted by atomic mass is 16.5. The minimum Gasteiger partial charge on any atom is -0.507 e. The van der Waals surface area contributed by atoms with Crippen LogP contribution in [0.1, 0.15) is 12.0 Å². The number of benzene rings is 1. The molecule has 7 heteroatoms. The van der Waals surface area contributed by atoms with Crippen LogP contribution in [0.4, 0.5) is 0 Å². The number of carbonyl (C=O) groups is 1. The van der Waals surface area contributed by atoms with Crippen molar-refractivity contribution in [3.05, 3.63) is 30.0 Å². The molecule has 2 aliphatic heterocycles. The fourth-order valence-electron chi connectivity index (χ4n) is 3.22. The normalized spacial score (nSPS) is 19.1. The Hall–Kier alpha value is -2.09. The first kappa shape index (κ1) is 19.7. The minimum atomic E-state index is 0.0484. The summed E-state index contributed by atoms with van der Waals surface area (Å²) in [4.78, 5) is 15.9. The molecule has 0 unspecified atom stereocenters. The molecule has 0 atom stereocenters. The van der Waals surface area contributed by atoms with Crippen molar-refractivity contribution < 1.29 is 24.1 Å². The monoisotopic (exact) mass is 376 g/mol. The summed E-state index contributed by atoms with van der Waals surface area (Å²) in [5.74, 6) is 0.655. The van der Waals surface area contributed by atoms with Gasteiger partial charge in [-0.3, -0.25) is 9.69 Å². The molecule has 148 valence electrons. The van der Waals surface area contributed by atoms with Gasteiger partial charge in [-0.1, -0.05) is 0 Å². The van der Waals surface area contributed by atoms with E-state index in [1.807, 2.05) is 4.90 Å². The van der Waals surface area contributed by atoms with Gasteiger partial charge in [0.2, 0.25) is 0 Å². The molecule has 1 N–H and O–H groups in total. The summed E-state index contributed by atoms with van der Waals surface area (Å²) in [6.07, 6.45) is 3.47. The Kier molecular flexibility index (Phi) is 7.50. The highest BCUT2D eigenvalue weighted by Crippen LogP contribution is 2.29. The molecule has 0 aromatic heterocycles. The largest absolute Gasteiger partial charge is 0.507 e. The molecule has 0 amide bonds. The fraction of sp³-hybridized carbons (Fsp3) is 0.550. The summed E-state index contributed by atoms with van der Waals surface area (Å²) in [5, 5.41) is 10.3. The molecule has 27 heavy (non-hydrogen) atoms. The lowest BCUT2D eigenvalue weighted by molar-refractivity contribution is -0.103. The van der Waals surface area contributed by atoms with E-state index in [0.717, 1.165) is 58.6 Å². The molecule has 2 saturated heterocycles. The number of aromatic hydroxyl groups is 1. The second kappa shape index (κ2) is 10.3. The van der Waals surface area contributed by atoms with E-state index in [1.54, 1.807) is 24.4 Å². The number of rotatable bonds is 8. The van der Waals surface area contributed by atoms with Gasteiger partial charge in [-0.25, -0.2) is 0 Å². The Morgan fingerprint density at radius 1 is 1.11 bits per heavy atom. The van der Waals surface area contributed by atoms with E-state index in [9.17, 15) is 9.90 Å². The van der Waals surface area contributed by atoms with Crippen LogP contribution in [0.15, 0.2) is 24.4 Å². The van der Waals surface area contributed by atoms with Crippen LogP contribution in [0.2, 0.25) is 0 Å². The second-order valence-electron chi connectivity index (χ2n) is 6.69. The summed E-state index contributed by atoms with van der Waals surface area (Å²) in [7, 11) is 0. The van der Waals surface area contributed by atoms with Gasteiger partial charge in [0.15, 0.2) is 6.29 Å². The van der Waals surface area contributed by atoms with Gasteiger partial charge in [-0.05, 0) is 18.6 Å². The summed E-state index contributed by atoms with van der Waals surface area (Å²) in [6.45, 7) is 7.87. The van der Waals surface area contributed by atoms with Crippen LogP contribution in [0, 0.1) is 0 Å². The van der Waals surface area contributed by atoms with Gasteiger partial charge < -0.3 is 24.2 Å². The number of ether oxygens (including phenoxy) is 3. The van der Waals surface area contributed by atoms with Crippen LogP contribution < -0.4 is 4.74 Å². The zero-order valence-electron chi connectivity index (χ0n) is 15.6. The number of hydrogen-bond donors (Lipinski definition) is 1. The fourth-order valence-corrected chi connectivity index (χ4v) is 3.22. The summed E-state index contributed by atoms with van der Waals surface area (Å²) in [6, 6.07) is 5.09. The number of nitrogens with zero attached hydrogens (tertiary/aromatic N) is 2. The Bertz CT molecular complexity index is 637. The number of morpholine rings is 2. The predicted octanol–water partition coefficient (Wildman–Crippen LogP) is 1.37. The van der Waals surface area contributed by atoms with Crippen molar-refractivity contribution in [2.24, 2.45) is 0 Å². The van der Waals surface area contributed by atoms with Gasteiger partial charge in [-0.2, -0.15) is 0 Å². The molecule has 1 aromatic rings. The number of hydrogen-bond acceptors (Lipinski definition) is 7. The SMILES string of the molecule is O=C/C(=C\N1CCOCC1)c1ccc(OCCCN2CCOCC2)cc1O. The summed E-state index contributed by atoms with van der Waals surface area (Å²) >= 11 is 0. The maximum atomic E-state index is 11.5. The van der Waals surface area contributed by atoms with E-state index in [4.69, 9.17) is 14.2 Å². The lowest BCUT2D eigenvalue weighted by atomic mass is 10.1. The van der Waals surface area contributed by atoms with Gasteiger partial charge in [0.05, 0.1) is 33.0 Å². The van der Waals surface area contributed by atoms with Crippen LogP contribution in [0.5, 0.6) is 11.5 Å². The Balaban J connectivity index is 1.52. The minimum absolute atomic E-state index is 0.0484. The van der Waals surface area contributed by atoms with E-state index in [2.05, 4.69) is 4.90 Å². The van der Waals surface area contributed by atoms with Crippen molar-refractivity contribution in [2.75, 3.05) is 65.8 Å². The molecule has 1 aromatic carbocycles. The quantitative estimate of drug-likeness (QED) is 0.417. The lowest BCUT2D eigenvalue weighted by Gasteiger charge is -2.26.